The number of ether oxygens (including phenoxy) is 2. The summed E-state index contributed by atoms with van der Waals surface area (Å²) in [4.78, 5) is 134. The molecule has 0 saturated carbocycles. The molecule has 5 aliphatic heterocycles. The Bertz CT molecular complexity index is 6520. The predicted octanol–water partition coefficient (Wildman–Crippen LogP) is 13.0. The quantitative estimate of drug-likeness (QED) is 0.0275. The molecule has 0 bridgehead atoms. The van der Waals surface area contributed by atoms with E-state index in [4.69, 9.17) is 31.8 Å². The van der Waals surface area contributed by atoms with Crippen molar-refractivity contribution in [3.8, 4) is 0 Å². The van der Waals surface area contributed by atoms with E-state index < -0.39 is 82.4 Å². The first-order valence-corrected chi connectivity index (χ1v) is 43.6. The van der Waals surface area contributed by atoms with Crippen LogP contribution in [0.15, 0.2) is 183 Å². The fourth-order valence-electron chi connectivity index (χ4n) is 18.3. The van der Waals surface area contributed by atoms with Gasteiger partial charge < -0.3 is 56.8 Å². The molecular formula is C99H94BCl2F6N12NaO14. The average Bonchev–Trinajstić information content (AvgIpc) is 1.58. The number of hydrogen-bond donors (Lipinski definition) is 5. The predicted molar refractivity (Wildman–Crippen MR) is 490 cm³/mol. The van der Waals surface area contributed by atoms with Crippen LogP contribution in [0, 0.1) is 46.7 Å². The Labute approximate surface area is 807 Å². The number of benzene rings is 6. The van der Waals surface area contributed by atoms with Gasteiger partial charge in [-0.1, -0.05) is 18.2 Å². The van der Waals surface area contributed by atoms with E-state index in [-0.39, 0.29) is 103 Å². The van der Waals surface area contributed by atoms with Crippen molar-refractivity contribution in [2.45, 2.75) is 153 Å². The van der Waals surface area contributed by atoms with Crippen LogP contribution in [0.2, 0.25) is 0 Å². The number of aromatic nitrogens is 6. The Morgan fingerprint density at radius 3 is 1.22 bits per heavy atom. The average molecular weight is 1890 g/mol. The van der Waals surface area contributed by atoms with Gasteiger partial charge in [-0.3, -0.25) is 58.1 Å². The van der Waals surface area contributed by atoms with Crippen molar-refractivity contribution in [1.82, 2.24) is 40.1 Å². The van der Waals surface area contributed by atoms with E-state index in [1.54, 1.807) is 49.7 Å². The van der Waals surface area contributed by atoms with Crippen molar-refractivity contribution >= 4 is 135 Å². The van der Waals surface area contributed by atoms with Gasteiger partial charge in [-0.15, -0.1) is 12.4 Å². The van der Waals surface area contributed by atoms with Gasteiger partial charge in [0, 0.05) is 178 Å². The van der Waals surface area contributed by atoms with E-state index in [0.29, 0.717) is 124 Å². The zero-order valence-electron chi connectivity index (χ0n) is 75.7. The molecule has 6 aromatic heterocycles. The van der Waals surface area contributed by atoms with Crippen LogP contribution in [0.25, 0.3) is 32.7 Å². The monoisotopic (exact) mass is 1890 g/mol. The Kier molecular flexibility index (Phi) is 32.0. The van der Waals surface area contributed by atoms with E-state index in [1.807, 2.05) is 73.8 Å². The molecule has 8 aliphatic rings. The third kappa shape index (κ3) is 22.8. The Hall–Kier alpha value is -12.3. The Morgan fingerprint density at radius 1 is 0.504 bits per heavy atom. The van der Waals surface area contributed by atoms with Gasteiger partial charge in [0.2, 0.25) is 28.9 Å². The molecule has 12 aromatic rings. The fourth-order valence-corrected chi connectivity index (χ4v) is 18.5. The number of carbonyl (C=O) groups excluding carboxylic acids is 9. The summed E-state index contributed by atoms with van der Waals surface area (Å²) in [6, 6.07) is 39.0. The molecule has 3 spiro atoms. The molecule has 135 heavy (non-hydrogen) atoms. The number of nitrogens with zero attached hydrogens (tertiary/aromatic N) is 7. The number of amides is 4. The van der Waals surface area contributed by atoms with E-state index in [9.17, 15) is 69.5 Å². The number of carbonyl (C=O) groups is 9. The van der Waals surface area contributed by atoms with Crippen LogP contribution in [0.3, 0.4) is 0 Å². The van der Waals surface area contributed by atoms with Crippen molar-refractivity contribution in [3.63, 3.8) is 0 Å². The number of pyridine rings is 6. The second-order valence-corrected chi connectivity index (χ2v) is 34.6. The minimum atomic E-state index is -1.59. The number of anilines is 3. The second-order valence-electron chi connectivity index (χ2n) is 34.2. The molecule has 6 atom stereocenters. The molecule has 0 radical (unpaired) electrons. The first-order chi connectivity index (χ1) is 63.7. The van der Waals surface area contributed by atoms with Gasteiger partial charge in [-0.25, -0.2) is 41.3 Å². The van der Waals surface area contributed by atoms with Gasteiger partial charge in [-0.2, -0.15) is 0 Å². The Balaban J connectivity index is 0.000000158. The first kappa shape index (κ1) is 100. The summed E-state index contributed by atoms with van der Waals surface area (Å²) in [6.45, 7) is 11.8. The molecule has 2 saturated heterocycles. The molecule has 4 amide bonds. The normalized spacial score (nSPS) is 18.3. The van der Waals surface area contributed by atoms with Crippen LogP contribution in [0.1, 0.15) is 175 Å². The third-order valence-corrected chi connectivity index (χ3v) is 25.3. The minimum Gasteiger partial charge on any atom is -1.00 e. The van der Waals surface area contributed by atoms with Crippen LogP contribution in [0.5, 0.6) is 0 Å². The maximum Gasteiger partial charge on any atom is 1.00 e. The molecule has 0 unspecified atom stereocenters. The standard InChI is InChI=1S/C33H30F2N4O3.C27H22F2N4O.C19H13N3O2.C8H9F2N.C6H9BO6.C6H9ClO2.ClH.Na.H/c1-19(22-11-26(34)14-27(35)12-22)39(31(40)21-4-7-42-8-5-21)18-20-9-23-10-24-15-33(16-25(24)13-29(23)37-17-20)28-3-2-6-36-30(28)38-32(33)41;1-15(17-7-21(28)10-22(29)8-17)31-13-16-5-18-6-19-11-27(12-20(19)9-24(18)32-14-16)23-3-2-4-30-25(23)33-26(27)34;23-10-11-4-12-5-13-7-19(8-14(13)6-16(12)21-9-11)15-2-1-3-20-17(15)22-18(19)24;1-5(11)6-2-7(9)4-8(10)3-6;1-4(8)11-7(12-5(2)9)13-6(3)10;7-6(8)5-1-3-9-4-2-5;;;/h2-3,6,9-14,17,19,21H,4-5,7-8,15-16,18H2,1H3,(H,36,38,41);2-10,14-15,31H,11-13H2,1H3,(H,30,33,34);1-6,9-10H,7-8H2,(H,20,22,24);2-5H,11H2,1H3;1-3H3;5H,1-4H2;1H;;/q;;;;;;;+1;-1/t19-,33-;15-,27-;19-;5-;;;;;/m0000...../s1. The first-order valence-electron chi connectivity index (χ1n) is 43.3. The molecule has 6 N–H and O–H groups in total. The maximum atomic E-state index is 14.1. The van der Waals surface area contributed by atoms with E-state index in [0.717, 1.165) is 152 Å². The second kappa shape index (κ2) is 43.1. The maximum absolute atomic E-state index is 14.1. The van der Waals surface area contributed by atoms with Gasteiger partial charge >= 0.3 is 36.9 Å². The number of nitrogens with one attached hydrogen (secondary N) is 4. The molecule has 694 valence electrons. The van der Waals surface area contributed by atoms with Crippen molar-refractivity contribution in [1.29, 1.82) is 0 Å². The summed E-state index contributed by atoms with van der Waals surface area (Å²) in [5.74, 6) is -4.14. The number of nitrogens with two attached hydrogens (primary N) is 1. The summed E-state index contributed by atoms with van der Waals surface area (Å²) < 4.78 is 104. The summed E-state index contributed by atoms with van der Waals surface area (Å²) in [6.07, 6.45) is 17.5. The zero-order chi connectivity index (χ0) is 94.3. The third-order valence-electron chi connectivity index (χ3n) is 25.0. The molecule has 3 aliphatic carbocycles. The molecule has 11 heterocycles. The van der Waals surface area contributed by atoms with Crippen molar-refractivity contribution in [2.75, 3.05) is 42.4 Å². The van der Waals surface area contributed by atoms with Gasteiger partial charge in [-0.05, 0) is 267 Å². The van der Waals surface area contributed by atoms with E-state index in [1.165, 1.54) is 36.4 Å². The molecule has 2 fully saturated rings. The van der Waals surface area contributed by atoms with E-state index >= 15 is 0 Å². The molecular weight excluding hydrogens is 1800 g/mol. The molecule has 36 heteroatoms. The summed E-state index contributed by atoms with van der Waals surface area (Å²) in [5.41, 5.74) is 19.5. The fraction of sp³-hybridized carbons (Fsp3) is 0.303. The van der Waals surface area contributed by atoms with Gasteiger partial charge in [0.25, 0.3) is 17.9 Å². The van der Waals surface area contributed by atoms with Crippen molar-refractivity contribution < 1.29 is 124 Å². The van der Waals surface area contributed by atoms with E-state index in [2.05, 4.69) is 90.5 Å². The van der Waals surface area contributed by atoms with Crippen LogP contribution >= 0.6 is 24.0 Å². The number of halogens is 8. The summed E-state index contributed by atoms with van der Waals surface area (Å²) in [7, 11) is -1.59. The van der Waals surface area contributed by atoms with Crippen LogP contribution in [-0.4, -0.2) is 122 Å². The largest absolute Gasteiger partial charge is 1.00 e. The van der Waals surface area contributed by atoms with Gasteiger partial charge in [0.05, 0.1) is 38.8 Å². The van der Waals surface area contributed by atoms with Crippen LogP contribution < -0.4 is 56.6 Å². The minimum absolute atomic E-state index is 0. The van der Waals surface area contributed by atoms with Crippen molar-refractivity contribution in [2.24, 2.45) is 17.6 Å². The molecule has 20 rings (SSSR count). The number of rotatable bonds is 15. The van der Waals surface area contributed by atoms with Gasteiger partial charge in [0.15, 0.2) is 6.29 Å². The number of fused-ring (bicyclic) bond motifs is 12. The summed E-state index contributed by atoms with van der Waals surface area (Å²) >= 11 is 5.26. The topological polar surface area (TPSA) is 354 Å². The Morgan fingerprint density at radius 2 is 0.852 bits per heavy atom. The summed E-state index contributed by atoms with van der Waals surface area (Å²) in [5, 5.41) is 14.8. The molecule has 26 nitrogen and oxygen atoms in total. The number of hydrogen-bond acceptors (Lipinski definition) is 22. The SMILES string of the molecule is CC(=O)OB(OC(C)=O)OC(C)=O.C[C@@H](c1cc(F)cc(F)c1)N(Cc1cnc2cc3c(cc2c1)C[C@@]1(C3)C(=O)Nc2ncccc21)C(=O)C1CCOCC1.C[C@H](N)c1cc(F)cc(F)c1.C[C@H](NCc1cnc2cc3c(cc2c1)C[C@@]1(C3)C(=O)Nc2ncccc21)c1cc(F)cc(F)c1.Cl.O=C(Cl)C1CCOCC1.O=Cc1cnc2cc3c(cc2c1)C[C@@]1(C3)C(=O)Nc2ncccc21.[H-].[Na+]. The van der Waals surface area contributed by atoms with Crippen molar-refractivity contribution in [3.05, 3.63) is 301 Å². The van der Waals surface area contributed by atoms with Gasteiger partial charge in [0.1, 0.15) is 52.4 Å². The van der Waals surface area contributed by atoms with Crippen LogP contribution in [-0.2, 0) is 130 Å². The van der Waals surface area contributed by atoms with Crippen LogP contribution in [0.4, 0.5) is 43.8 Å². The molecule has 6 aromatic carbocycles. The zero-order valence-corrected chi connectivity index (χ0v) is 78.2. The smallest absolute Gasteiger partial charge is 1.00 e. The number of aldehydes is 1.